The van der Waals surface area contributed by atoms with Crippen molar-refractivity contribution in [3.05, 3.63) is 47.6 Å². The smallest absolute Gasteiger partial charge is 0.340 e. The number of carbonyl (C=O) groups is 2. The Hall–Kier alpha value is -2.90. The first kappa shape index (κ1) is 16.9. The lowest BCUT2D eigenvalue weighted by Gasteiger charge is -2.21. The van der Waals surface area contributed by atoms with Crippen LogP contribution in [0.15, 0.2) is 34.9 Å². The Labute approximate surface area is 145 Å². The Kier molecular flexibility index (Phi) is 4.43. The van der Waals surface area contributed by atoms with Gasteiger partial charge < -0.3 is 14.6 Å². The van der Waals surface area contributed by atoms with Crippen molar-refractivity contribution in [3.63, 3.8) is 0 Å². The Morgan fingerprint density at radius 3 is 2.72 bits per heavy atom. The second kappa shape index (κ2) is 6.54. The van der Waals surface area contributed by atoms with E-state index < -0.39 is 12.2 Å². The molecular weight excluding hydrogens is 324 g/mol. The number of ether oxygens (including phenoxy) is 1. The van der Waals surface area contributed by atoms with Crippen molar-refractivity contribution in [1.29, 1.82) is 0 Å². The minimum absolute atomic E-state index is 0.0954. The number of carbonyl (C=O) groups excluding carboxylic acids is 2. The molecule has 1 aromatic carbocycles. The Balaban J connectivity index is 1.70. The summed E-state index contributed by atoms with van der Waals surface area (Å²) in [6, 6.07) is 8.29. The first-order valence-electron chi connectivity index (χ1n) is 7.98. The third-order valence-electron chi connectivity index (χ3n) is 3.71. The SMILES string of the molecule is CC(C)(C)c1nc(CN2C(=O)NCC2OC(=O)c2ccccc2)no1. The highest BCUT2D eigenvalue weighted by Gasteiger charge is 2.35. The molecule has 1 aliphatic heterocycles. The van der Waals surface area contributed by atoms with Crippen molar-refractivity contribution < 1.29 is 18.8 Å². The molecule has 0 spiro atoms. The van der Waals surface area contributed by atoms with Crippen LogP contribution in [0.4, 0.5) is 4.79 Å². The fourth-order valence-electron chi connectivity index (χ4n) is 2.34. The van der Waals surface area contributed by atoms with Gasteiger partial charge in [0.25, 0.3) is 0 Å². The lowest BCUT2D eigenvalue weighted by Crippen LogP contribution is -2.37. The molecular formula is C17H20N4O4. The number of hydrogen-bond donors (Lipinski definition) is 1. The van der Waals surface area contributed by atoms with E-state index in [9.17, 15) is 9.59 Å². The Bertz CT molecular complexity index is 766. The molecule has 8 heteroatoms. The van der Waals surface area contributed by atoms with E-state index in [1.807, 2.05) is 26.8 Å². The zero-order valence-corrected chi connectivity index (χ0v) is 14.4. The van der Waals surface area contributed by atoms with Gasteiger partial charge in [-0.2, -0.15) is 4.98 Å². The molecule has 132 valence electrons. The summed E-state index contributed by atoms with van der Waals surface area (Å²) in [6.07, 6.45) is -0.725. The lowest BCUT2D eigenvalue weighted by atomic mass is 9.97. The molecule has 2 aromatic rings. The molecule has 0 radical (unpaired) electrons. The number of rotatable bonds is 4. The van der Waals surface area contributed by atoms with Crippen LogP contribution in [0.3, 0.4) is 0 Å². The summed E-state index contributed by atoms with van der Waals surface area (Å²) in [5, 5.41) is 6.56. The number of nitrogens with one attached hydrogen (secondary N) is 1. The van der Waals surface area contributed by atoms with Crippen molar-refractivity contribution in [1.82, 2.24) is 20.4 Å². The zero-order valence-electron chi connectivity index (χ0n) is 14.4. The summed E-state index contributed by atoms with van der Waals surface area (Å²) in [4.78, 5) is 29.9. The average molecular weight is 344 g/mol. The Morgan fingerprint density at radius 2 is 2.08 bits per heavy atom. The first-order chi connectivity index (χ1) is 11.8. The van der Waals surface area contributed by atoms with Crippen molar-refractivity contribution in [2.45, 2.75) is 39.0 Å². The van der Waals surface area contributed by atoms with E-state index >= 15 is 0 Å². The molecule has 1 aliphatic rings. The molecule has 1 atom stereocenters. The number of esters is 1. The van der Waals surface area contributed by atoms with E-state index in [2.05, 4.69) is 15.5 Å². The van der Waals surface area contributed by atoms with E-state index in [4.69, 9.17) is 9.26 Å². The summed E-state index contributed by atoms with van der Waals surface area (Å²) in [5.74, 6) is 0.360. The molecule has 8 nitrogen and oxygen atoms in total. The predicted molar refractivity (Wildman–Crippen MR) is 87.6 cm³/mol. The van der Waals surface area contributed by atoms with Gasteiger partial charge >= 0.3 is 12.0 Å². The maximum atomic E-state index is 12.2. The van der Waals surface area contributed by atoms with Gasteiger partial charge in [-0.05, 0) is 12.1 Å². The molecule has 1 fully saturated rings. The third kappa shape index (κ3) is 3.78. The standard InChI is InChI=1S/C17H20N4O4/c1-17(2,3)15-19-12(20-25-15)10-21-13(9-18-16(21)23)24-14(22)11-7-5-4-6-8-11/h4-8,13H,9-10H2,1-3H3,(H,18,23). The normalized spacial score (nSPS) is 17.5. The van der Waals surface area contributed by atoms with Crippen LogP contribution in [0, 0.1) is 0 Å². The first-order valence-corrected chi connectivity index (χ1v) is 7.98. The Morgan fingerprint density at radius 1 is 1.36 bits per heavy atom. The van der Waals surface area contributed by atoms with Crippen LogP contribution < -0.4 is 5.32 Å². The quantitative estimate of drug-likeness (QED) is 0.853. The predicted octanol–water partition coefficient (Wildman–Crippen LogP) is 2.08. The minimum Gasteiger partial charge on any atom is -0.436 e. The van der Waals surface area contributed by atoms with Crippen LogP contribution in [0.5, 0.6) is 0 Å². The number of amides is 2. The second-order valence-electron chi connectivity index (χ2n) is 6.81. The fraction of sp³-hybridized carbons (Fsp3) is 0.412. The molecule has 2 amide bonds. The monoisotopic (exact) mass is 344 g/mol. The summed E-state index contributed by atoms with van der Waals surface area (Å²) >= 11 is 0. The largest absolute Gasteiger partial charge is 0.436 e. The van der Waals surface area contributed by atoms with Gasteiger partial charge in [0, 0.05) is 5.41 Å². The highest BCUT2D eigenvalue weighted by Crippen LogP contribution is 2.21. The van der Waals surface area contributed by atoms with Gasteiger partial charge in [-0.1, -0.05) is 44.1 Å². The molecule has 2 heterocycles. The summed E-state index contributed by atoms with van der Waals surface area (Å²) in [5.41, 5.74) is 0.147. The van der Waals surface area contributed by atoms with Gasteiger partial charge in [0.2, 0.25) is 5.89 Å². The van der Waals surface area contributed by atoms with Crippen LogP contribution >= 0.6 is 0 Å². The number of nitrogens with zero attached hydrogens (tertiary/aromatic N) is 3. The summed E-state index contributed by atoms with van der Waals surface area (Å²) in [6.45, 7) is 6.17. The van der Waals surface area contributed by atoms with Crippen molar-refractivity contribution in [2.24, 2.45) is 0 Å². The topological polar surface area (TPSA) is 97.6 Å². The van der Waals surface area contributed by atoms with Crippen LogP contribution in [-0.2, 0) is 16.7 Å². The highest BCUT2D eigenvalue weighted by atomic mass is 16.6. The number of urea groups is 1. The number of benzene rings is 1. The van der Waals surface area contributed by atoms with E-state index in [1.165, 1.54) is 4.90 Å². The maximum absolute atomic E-state index is 12.2. The van der Waals surface area contributed by atoms with E-state index in [0.29, 0.717) is 17.3 Å². The van der Waals surface area contributed by atoms with Crippen molar-refractivity contribution >= 4 is 12.0 Å². The molecule has 1 saturated heterocycles. The van der Waals surface area contributed by atoms with Crippen LogP contribution in [0.25, 0.3) is 0 Å². The molecule has 1 aromatic heterocycles. The third-order valence-corrected chi connectivity index (χ3v) is 3.71. The molecule has 1 unspecified atom stereocenters. The highest BCUT2D eigenvalue weighted by molar-refractivity contribution is 5.89. The zero-order chi connectivity index (χ0) is 18.0. The van der Waals surface area contributed by atoms with Gasteiger partial charge in [-0.15, -0.1) is 0 Å². The molecule has 1 N–H and O–H groups in total. The maximum Gasteiger partial charge on any atom is 0.340 e. The van der Waals surface area contributed by atoms with Crippen LogP contribution in [-0.4, -0.2) is 39.8 Å². The van der Waals surface area contributed by atoms with E-state index in [1.54, 1.807) is 24.3 Å². The van der Waals surface area contributed by atoms with Crippen LogP contribution in [0.1, 0.15) is 42.8 Å². The molecule has 0 aliphatic carbocycles. The fourth-order valence-corrected chi connectivity index (χ4v) is 2.34. The van der Waals surface area contributed by atoms with E-state index in [-0.39, 0.29) is 24.5 Å². The molecule has 3 rings (SSSR count). The summed E-state index contributed by atoms with van der Waals surface area (Å²) < 4.78 is 10.7. The van der Waals surface area contributed by atoms with Gasteiger partial charge in [0.1, 0.15) is 0 Å². The van der Waals surface area contributed by atoms with Gasteiger partial charge in [0.15, 0.2) is 12.1 Å². The van der Waals surface area contributed by atoms with Gasteiger partial charge in [-0.3, -0.25) is 4.90 Å². The second-order valence-corrected chi connectivity index (χ2v) is 6.81. The minimum atomic E-state index is -0.725. The van der Waals surface area contributed by atoms with E-state index in [0.717, 1.165) is 0 Å². The number of hydrogen-bond acceptors (Lipinski definition) is 6. The van der Waals surface area contributed by atoms with Gasteiger partial charge in [-0.25, -0.2) is 9.59 Å². The summed E-state index contributed by atoms with van der Waals surface area (Å²) in [7, 11) is 0. The van der Waals surface area contributed by atoms with Crippen molar-refractivity contribution in [3.8, 4) is 0 Å². The number of aromatic nitrogens is 2. The van der Waals surface area contributed by atoms with Crippen molar-refractivity contribution in [2.75, 3.05) is 6.54 Å². The lowest BCUT2D eigenvalue weighted by molar-refractivity contribution is -0.00302. The van der Waals surface area contributed by atoms with Crippen LogP contribution in [0.2, 0.25) is 0 Å². The molecule has 25 heavy (non-hydrogen) atoms. The average Bonchev–Trinajstić information content (AvgIpc) is 3.18. The van der Waals surface area contributed by atoms with Gasteiger partial charge in [0.05, 0.1) is 18.7 Å². The molecule has 0 bridgehead atoms. The molecule has 0 saturated carbocycles.